The van der Waals surface area contributed by atoms with E-state index in [4.69, 9.17) is 20.7 Å². The van der Waals surface area contributed by atoms with E-state index < -0.39 is 12.0 Å². The molecule has 5 nitrogen and oxygen atoms in total. The normalized spacial score (nSPS) is 12.2. The highest BCUT2D eigenvalue weighted by atomic mass is 16.5. The Hall–Kier alpha value is -1.59. The predicted molar refractivity (Wildman–Crippen MR) is 58.3 cm³/mol. The van der Waals surface area contributed by atoms with Gasteiger partial charge in [0.05, 0.1) is 6.61 Å². The van der Waals surface area contributed by atoms with Crippen molar-refractivity contribution in [1.82, 2.24) is 0 Å². The molecule has 0 aliphatic heterocycles. The molecule has 1 rings (SSSR count). The van der Waals surface area contributed by atoms with Crippen molar-refractivity contribution < 1.29 is 19.7 Å². The first kappa shape index (κ1) is 12.5. The summed E-state index contributed by atoms with van der Waals surface area (Å²) in [4.78, 5) is 10.9. The Kier molecular flexibility index (Phi) is 4.28. The van der Waals surface area contributed by atoms with Gasteiger partial charge >= 0.3 is 0 Å². The molecule has 0 aliphatic carbocycles. The molecular formula is C11H15NO4. The van der Waals surface area contributed by atoms with Crippen LogP contribution in [0.25, 0.3) is 0 Å². The van der Waals surface area contributed by atoms with E-state index in [1.165, 1.54) is 0 Å². The molecule has 0 heterocycles. The minimum absolute atomic E-state index is 0.00720. The highest BCUT2D eigenvalue weighted by Crippen LogP contribution is 2.19. The summed E-state index contributed by atoms with van der Waals surface area (Å²) < 4.78 is 5.26. The second kappa shape index (κ2) is 5.48. The molecule has 1 atom stereocenters. The van der Waals surface area contributed by atoms with Crippen molar-refractivity contribution in [3.63, 3.8) is 0 Å². The van der Waals surface area contributed by atoms with Gasteiger partial charge in [0, 0.05) is 5.56 Å². The fourth-order valence-electron chi connectivity index (χ4n) is 1.20. The number of amides is 1. The molecule has 1 aromatic carbocycles. The minimum Gasteiger partial charge on any atom is -0.491 e. The fourth-order valence-corrected chi connectivity index (χ4v) is 1.20. The molecule has 1 aromatic rings. The van der Waals surface area contributed by atoms with Crippen LogP contribution in [-0.4, -0.2) is 35.4 Å². The van der Waals surface area contributed by atoms with Crippen LogP contribution in [0.4, 0.5) is 0 Å². The maximum absolute atomic E-state index is 10.9. The van der Waals surface area contributed by atoms with Gasteiger partial charge in [-0.05, 0) is 30.7 Å². The second-order valence-electron chi connectivity index (χ2n) is 3.49. The molecule has 16 heavy (non-hydrogen) atoms. The number of nitrogens with two attached hydrogens (primary N) is 1. The van der Waals surface area contributed by atoms with Gasteiger partial charge in [-0.25, -0.2) is 0 Å². The molecule has 0 bridgehead atoms. The molecule has 0 fully saturated rings. The molecule has 1 unspecified atom stereocenters. The third kappa shape index (κ3) is 3.22. The zero-order chi connectivity index (χ0) is 12.1. The maximum atomic E-state index is 10.9. The lowest BCUT2D eigenvalue weighted by atomic mass is 10.1. The van der Waals surface area contributed by atoms with Gasteiger partial charge in [-0.1, -0.05) is 0 Å². The minimum atomic E-state index is -0.907. The van der Waals surface area contributed by atoms with Crippen LogP contribution in [-0.2, 0) is 0 Å². The van der Waals surface area contributed by atoms with E-state index in [9.17, 15) is 4.79 Å². The van der Waals surface area contributed by atoms with Gasteiger partial charge in [0.15, 0.2) is 0 Å². The van der Waals surface area contributed by atoms with Crippen molar-refractivity contribution in [3.05, 3.63) is 29.3 Å². The van der Waals surface area contributed by atoms with E-state index in [-0.39, 0.29) is 13.2 Å². The van der Waals surface area contributed by atoms with Crippen molar-refractivity contribution in [2.24, 2.45) is 5.73 Å². The van der Waals surface area contributed by atoms with Crippen molar-refractivity contribution in [2.45, 2.75) is 13.0 Å². The molecule has 0 saturated heterocycles. The Morgan fingerprint density at radius 2 is 2.25 bits per heavy atom. The summed E-state index contributed by atoms with van der Waals surface area (Å²) in [6.07, 6.45) is -0.907. The lowest BCUT2D eigenvalue weighted by molar-refractivity contribution is 0.0534. The summed E-state index contributed by atoms with van der Waals surface area (Å²) in [7, 11) is 0. The molecule has 0 saturated carbocycles. The van der Waals surface area contributed by atoms with Gasteiger partial charge in [0.1, 0.15) is 18.5 Å². The van der Waals surface area contributed by atoms with Gasteiger partial charge in [-0.15, -0.1) is 0 Å². The monoisotopic (exact) mass is 225 g/mol. The van der Waals surface area contributed by atoms with E-state index in [0.717, 1.165) is 5.56 Å². The first-order valence-corrected chi connectivity index (χ1v) is 4.86. The SMILES string of the molecule is Cc1cc(C(N)=O)ccc1OCC(O)CO. The number of carbonyl (C=O) groups is 1. The third-order valence-corrected chi connectivity index (χ3v) is 2.10. The van der Waals surface area contributed by atoms with E-state index in [1.54, 1.807) is 25.1 Å². The number of aliphatic hydroxyl groups is 2. The van der Waals surface area contributed by atoms with Crippen molar-refractivity contribution >= 4 is 5.91 Å². The van der Waals surface area contributed by atoms with E-state index >= 15 is 0 Å². The third-order valence-electron chi connectivity index (χ3n) is 2.10. The number of ether oxygens (including phenoxy) is 1. The lowest BCUT2D eigenvalue weighted by Gasteiger charge is -2.12. The molecule has 0 spiro atoms. The standard InChI is InChI=1S/C11H15NO4/c1-7-4-8(11(12)15)2-3-10(7)16-6-9(14)5-13/h2-4,9,13-14H,5-6H2,1H3,(H2,12,15). The number of primary amides is 1. The Balaban J connectivity index is 2.72. The molecule has 4 N–H and O–H groups in total. The highest BCUT2D eigenvalue weighted by molar-refractivity contribution is 5.93. The highest BCUT2D eigenvalue weighted by Gasteiger charge is 2.07. The Morgan fingerprint density at radius 1 is 1.56 bits per heavy atom. The zero-order valence-corrected chi connectivity index (χ0v) is 9.01. The molecule has 0 aromatic heterocycles. The Bertz CT molecular complexity index is 378. The molecule has 0 radical (unpaired) electrons. The Morgan fingerprint density at radius 3 is 2.75 bits per heavy atom. The van der Waals surface area contributed by atoms with E-state index in [2.05, 4.69) is 0 Å². The topological polar surface area (TPSA) is 92.8 Å². The first-order valence-electron chi connectivity index (χ1n) is 4.86. The quantitative estimate of drug-likeness (QED) is 0.648. The molecule has 88 valence electrons. The molecule has 1 amide bonds. The summed E-state index contributed by atoms with van der Waals surface area (Å²) in [5, 5.41) is 17.7. The number of benzene rings is 1. The molecule has 5 heteroatoms. The number of rotatable bonds is 5. The van der Waals surface area contributed by atoms with Crippen LogP contribution in [0.1, 0.15) is 15.9 Å². The lowest BCUT2D eigenvalue weighted by Crippen LogP contribution is -2.21. The number of carbonyl (C=O) groups excluding carboxylic acids is 1. The van der Waals surface area contributed by atoms with Gasteiger partial charge in [-0.3, -0.25) is 4.79 Å². The average Bonchev–Trinajstić information content (AvgIpc) is 2.26. The summed E-state index contributed by atoms with van der Waals surface area (Å²) in [5.74, 6) is 0.0579. The summed E-state index contributed by atoms with van der Waals surface area (Å²) in [6, 6.07) is 4.78. The smallest absolute Gasteiger partial charge is 0.248 e. The van der Waals surface area contributed by atoms with Crippen LogP contribution >= 0.6 is 0 Å². The summed E-state index contributed by atoms with van der Waals surface area (Å²) in [5.41, 5.74) is 6.28. The number of hydrogen-bond acceptors (Lipinski definition) is 4. The number of hydrogen-bond donors (Lipinski definition) is 3. The zero-order valence-electron chi connectivity index (χ0n) is 9.01. The molecule has 0 aliphatic rings. The van der Waals surface area contributed by atoms with Crippen LogP contribution in [0.3, 0.4) is 0 Å². The van der Waals surface area contributed by atoms with Crippen molar-refractivity contribution in [2.75, 3.05) is 13.2 Å². The summed E-state index contributed by atoms with van der Waals surface area (Å²) in [6.45, 7) is 1.43. The second-order valence-corrected chi connectivity index (χ2v) is 3.49. The maximum Gasteiger partial charge on any atom is 0.248 e. The van der Waals surface area contributed by atoms with Crippen LogP contribution in [0, 0.1) is 6.92 Å². The van der Waals surface area contributed by atoms with E-state index in [1.807, 2.05) is 0 Å². The fraction of sp³-hybridized carbons (Fsp3) is 0.364. The van der Waals surface area contributed by atoms with Gasteiger partial charge in [0.2, 0.25) is 5.91 Å². The van der Waals surface area contributed by atoms with Crippen LogP contribution in [0.2, 0.25) is 0 Å². The van der Waals surface area contributed by atoms with Crippen LogP contribution in [0.15, 0.2) is 18.2 Å². The van der Waals surface area contributed by atoms with Crippen molar-refractivity contribution in [3.8, 4) is 5.75 Å². The predicted octanol–water partition coefficient (Wildman–Crippen LogP) is -0.174. The largest absolute Gasteiger partial charge is 0.491 e. The van der Waals surface area contributed by atoms with Crippen LogP contribution < -0.4 is 10.5 Å². The van der Waals surface area contributed by atoms with Crippen LogP contribution in [0.5, 0.6) is 5.75 Å². The van der Waals surface area contributed by atoms with Crippen molar-refractivity contribution in [1.29, 1.82) is 0 Å². The average molecular weight is 225 g/mol. The van der Waals surface area contributed by atoms with Gasteiger partial charge in [-0.2, -0.15) is 0 Å². The number of aryl methyl sites for hydroxylation is 1. The molecular weight excluding hydrogens is 210 g/mol. The van der Waals surface area contributed by atoms with Gasteiger partial charge < -0.3 is 20.7 Å². The Labute approximate surface area is 93.5 Å². The summed E-state index contributed by atoms with van der Waals surface area (Å²) >= 11 is 0. The van der Waals surface area contributed by atoms with Gasteiger partial charge in [0.25, 0.3) is 0 Å². The van der Waals surface area contributed by atoms with E-state index in [0.29, 0.717) is 11.3 Å². The number of aliphatic hydroxyl groups excluding tert-OH is 2. The first-order chi connectivity index (χ1) is 7.54.